The van der Waals surface area contributed by atoms with Gasteiger partial charge in [0.05, 0.1) is 0 Å². The van der Waals surface area contributed by atoms with Crippen molar-refractivity contribution in [3.05, 3.63) is 75.6 Å². The molecule has 0 unspecified atom stereocenters. The zero-order valence-corrected chi connectivity index (χ0v) is 16.7. The van der Waals surface area contributed by atoms with Crippen LogP contribution in [0.1, 0.15) is 47.4 Å². The molecule has 0 fully saturated rings. The highest BCUT2D eigenvalue weighted by Gasteiger charge is 2.27. The lowest BCUT2D eigenvalue weighted by atomic mass is 9.76. The Morgan fingerprint density at radius 2 is 2.07 bits per heavy atom. The molecule has 0 bridgehead atoms. The lowest BCUT2D eigenvalue weighted by Gasteiger charge is -2.31. The van der Waals surface area contributed by atoms with Gasteiger partial charge in [-0.25, -0.2) is 0 Å². The third kappa shape index (κ3) is 4.45. The van der Waals surface area contributed by atoms with Gasteiger partial charge in [0.15, 0.2) is 5.82 Å². The Hall–Kier alpha value is -3.22. The van der Waals surface area contributed by atoms with E-state index in [-0.39, 0.29) is 16.5 Å². The molecule has 7 nitrogen and oxygen atoms in total. The number of aryl methyl sites for hydroxylation is 3. The standard InChI is InChI=1S/C22H25N5O2/c1-22(2)8-3-18-16(14-22)13-17(20(28)24-18)21(29)25-19-7-12-27(26-19)11-6-15-4-9-23-10-5-15/h4-5,7,9-10,12-13H,3,6,8,11,14H2,1-2H3,(H,24,28)(H,25,26,29). The molecule has 0 radical (unpaired) electrons. The maximum atomic E-state index is 12.7. The van der Waals surface area contributed by atoms with Crippen molar-refractivity contribution in [3.8, 4) is 0 Å². The van der Waals surface area contributed by atoms with Crippen LogP contribution < -0.4 is 10.9 Å². The highest BCUT2D eigenvalue weighted by Crippen LogP contribution is 2.33. The van der Waals surface area contributed by atoms with Crippen LogP contribution in [-0.2, 0) is 25.8 Å². The van der Waals surface area contributed by atoms with Crippen LogP contribution in [0, 0.1) is 5.41 Å². The van der Waals surface area contributed by atoms with Crippen molar-refractivity contribution in [1.29, 1.82) is 0 Å². The first-order valence-electron chi connectivity index (χ1n) is 9.88. The van der Waals surface area contributed by atoms with E-state index in [0.717, 1.165) is 36.9 Å². The zero-order chi connectivity index (χ0) is 20.4. The van der Waals surface area contributed by atoms with Crippen molar-refractivity contribution in [3.63, 3.8) is 0 Å². The molecule has 3 aromatic heterocycles. The fourth-order valence-electron chi connectivity index (χ4n) is 3.76. The van der Waals surface area contributed by atoms with E-state index in [0.29, 0.717) is 12.4 Å². The summed E-state index contributed by atoms with van der Waals surface area (Å²) in [6.07, 6.45) is 8.87. The van der Waals surface area contributed by atoms with E-state index in [9.17, 15) is 9.59 Å². The molecule has 1 aliphatic rings. The van der Waals surface area contributed by atoms with Crippen LogP contribution in [0.5, 0.6) is 0 Å². The van der Waals surface area contributed by atoms with Crippen LogP contribution >= 0.6 is 0 Å². The van der Waals surface area contributed by atoms with E-state index in [1.807, 2.05) is 18.3 Å². The number of aromatic amines is 1. The first-order chi connectivity index (χ1) is 13.9. The number of fused-ring (bicyclic) bond motifs is 1. The molecule has 7 heteroatoms. The van der Waals surface area contributed by atoms with E-state index in [1.165, 1.54) is 5.56 Å². The van der Waals surface area contributed by atoms with E-state index in [2.05, 4.69) is 34.2 Å². The lowest BCUT2D eigenvalue weighted by molar-refractivity contribution is 0.102. The molecule has 1 amide bonds. The molecule has 3 aromatic rings. The van der Waals surface area contributed by atoms with Crippen LogP contribution in [-0.4, -0.2) is 25.7 Å². The summed E-state index contributed by atoms with van der Waals surface area (Å²) in [6.45, 7) is 5.10. The molecular formula is C22H25N5O2. The smallest absolute Gasteiger partial charge is 0.262 e. The fraction of sp³-hybridized carbons (Fsp3) is 0.364. The van der Waals surface area contributed by atoms with Gasteiger partial charge in [-0.2, -0.15) is 5.10 Å². The molecule has 0 atom stereocenters. The molecule has 2 N–H and O–H groups in total. The summed E-state index contributed by atoms with van der Waals surface area (Å²) in [5.41, 5.74) is 3.13. The molecule has 4 rings (SSSR count). The number of hydrogen-bond donors (Lipinski definition) is 2. The minimum Gasteiger partial charge on any atom is -0.325 e. The second kappa shape index (κ2) is 7.66. The number of nitrogens with zero attached hydrogens (tertiary/aromatic N) is 3. The van der Waals surface area contributed by atoms with Gasteiger partial charge < -0.3 is 10.3 Å². The van der Waals surface area contributed by atoms with E-state index in [1.54, 1.807) is 29.2 Å². The van der Waals surface area contributed by atoms with Gasteiger partial charge >= 0.3 is 0 Å². The van der Waals surface area contributed by atoms with Crippen molar-refractivity contribution in [2.75, 3.05) is 5.32 Å². The highest BCUT2D eigenvalue weighted by atomic mass is 16.2. The average molecular weight is 391 g/mol. The average Bonchev–Trinajstić information content (AvgIpc) is 3.14. The highest BCUT2D eigenvalue weighted by molar-refractivity contribution is 6.03. The molecule has 3 heterocycles. The summed E-state index contributed by atoms with van der Waals surface area (Å²) in [7, 11) is 0. The van der Waals surface area contributed by atoms with Crippen molar-refractivity contribution >= 4 is 11.7 Å². The largest absolute Gasteiger partial charge is 0.325 e. The van der Waals surface area contributed by atoms with E-state index < -0.39 is 5.91 Å². The quantitative estimate of drug-likeness (QED) is 0.699. The summed E-state index contributed by atoms with van der Waals surface area (Å²) in [4.78, 5) is 32.0. The predicted molar refractivity (Wildman–Crippen MR) is 111 cm³/mol. The van der Waals surface area contributed by atoms with Gasteiger partial charge in [-0.3, -0.25) is 19.3 Å². The Morgan fingerprint density at radius 3 is 2.86 bits per heavy atom. The monoisotopic (exact) mass is 391 g/mol. The van der Waals surface area contributed by atoms with Gasteiger partial charge in [-0.05, 0) is 60.4 Å². The van der Waals surface area contributed by atoms with Crippen molar-refractivity contribution in [2.24, 2.45) is 5.41 Å². The van der Waals surface area contributed by atoms with Gasteiger partial charge in [-0.1, -0.05) is 13.8 Å². The number of carbonyl (C=O) groups excluding carboxylic acids is 1. The van der Waals surface area contributed by atoms with Crippen molar-refractivity contribution in [2.45, 2.75) is 46.1 Å². The minimum atomic E-state index is -0.434. The third-order valence-electron chi connectivity index (χ3n) is 5.44. The zero-order valence-electron chi connectivity index (χ0n) is 16.7. The Balaban J connectivity index is 1.45. The second-order valence-corrected chi connectivity index (χ2v) is 8.38. The second-order valence-electron chi connectivity index (χ2n) is 8.38. The van der Waals surface area contributed by atoms with Crippen LogP contribution in [0.15, 0.2) is 47.7 Å². The van der Waals surface area contributed by atoms with Gasteiger partial charge in [0.1, 0.15) is 5.56 Å². The Morgan fingerprint density at radius 1 is 1.28 bits per heavy atom. The van der Waals surface area contributed by atoms with Crippen molar-refractivity contribution < 1.29 is 4.79 Å². The van der Waals surface area contributed by atoms with Crippen molar-refractivity contribution in [1.82, 2.24) is 19.7 Å². The number of H-pyrrole nitrogens is 1. The fourth-order valence-corrected chi connectivity index (χ4v) is 3.76. The molecule has 0 saturated carbocycles. The molecule has 0 spiro atoms. The number of rotatable bonds is 5. The number of aromatic nitrogens is 4. The lowest BCUT2D eigenvalue weighted by Crippen LogP contribution is -2.29. The summed E-state index contributed by atoms with van der Waals surface area (Å²) < 4.78 is 1.77. The minimum absolute atomic E-state index is 0.132. The number of nitrogens with one attached hydrogen (secondary N) is 2. The number of hydrogen-bond acceptors (Lipinski definition) is 4. The van der Waals surface area contributed by atoms with Gasteiger partial charge in [0, 0.05) is 36.9 Å². The Labute approximate surface area is 169 Å². The molecular weight excluding hydrogens is 366 g/mol. The summed E-state index contributed by atoms with van der Waals surface area (Å²) in [6, 6.07) is 7.41. The van der Waals surface area contributed by atoms with Crippen LogP contribution in [0.2, 0.25) is 0 Å². The molecule has 0 saturated heterocycles. The number of anilines is 1. The molecule has 29 heavy (non-hydrogen) atoms. The van der Waals surface area contributed by atoms with Crippen LogP contribution in [0.3, 0.4) is 0 Å². The first kappa shape index (κ1) is 19.1. The van der Waals surface area contributed by atoms with Gasteiger partial charge in [-0.15, -0.1) is 0 Å². The first-order valence-corrected chi connectivity index (χ1v) is 9.88. The number of pyridine rings is 2. The number of carbonyl (C=O) groups is 1. The maximum absolute atomic E-state index is 12.7. The summed E-state index contributed by atoms with van der Waals surface area (Å²) >= 11 is 0. The maximum Gasteiger partial charge on any atom is 0.262 e. The topological polar surface area (TPSA) is 92.7 Å². The summed E-state index contributed by atoms with van der Waals surface area (Å²) in [5, 5.41) is 7.13. The number of amides is 1. The summed E-state index contributed by atoms with van der Waals surface area (Å²) in [5.74, 6) is -0.000933. The Bertz CT molecular complexity index is 1080. The molecule has 0 aromatic carbocycles. The van der Waals surface area contributed by atoms with Gasteiger partial charge in [0.2, 0.25) is 0 Å². The van der Waals surface area contributed by atoms with Crippen LogP contribution in [0.25, 0.3) is 0 Å². The van der Waals surface area contributed by atoms with Crippen LogP contribution in [0.4, 0.5) is 5.82 Å². The van der Waals surface area contributed by atoms with E-state index in [4.69, 9.17) is 0 Å². The van der Waals surface area contributed by atoms with E-state index >= 15 is 0 Å². The Kier molecular flexibility index (Phi) is 5.05. The molecule has 1 aliphatic carbocycles. The normalized spacial score (nSPS) is 15.0. The third-order valence-corrected chi connectivity index (χ3v) is 5.44. The molecule has 0 aliphatic heterocycles. The predicted octanol–water partition coefficient (Wildman–Crippen LogP) is 2.98. The SMILES string of the molecule is CC1(C)CCc2[nH]c(=O)c(C(=O)Nc3ccn(CCc4ccncc4)n3)cc2C1. The molecule has 150 valence electrons. The van der Waals surface area contributed by atoms with Gasteiger partial charge in [0.25, 0.3) is 11.5 Å².